The van der Waals surface area contributed by atoms with Crippen molar-refractivity contribution in [3.8, 4) is 0 Å². The lowest BCUT2D eigenvalue weighted by Crippen LogP contribution is -2.42. The first-order valence-electron chi connectivity index (χ1n) is 4.61. The van der Waals surface area contributed by atoms with E-state index < -0.39 is 0 Å². The van der Waals surface area contributed by atoms with Gasteiger partial charge in [0.15, 0.2) is 0 Å². The van der Waals surface area contributed by atoms with Gasteiger partial charge < -0.3 is 15.6 Å². The maximum absolute atomic E-state index is 9.20. The van der Waals surface area contributed by atoms with Crippen molar-refractivity contribution in [1.82, 2.24) is 0 Å². The van der Waals surface area contributed by atoms with Crippen molar-refractivity contribution in [3.63, 3.8) is 0 Å². The van der Waals surface area contributed by atoms with Crippen LogP contribution in [0.1, 0.15) is 19.8 Å². The summed E-state index contributed by atoms with van der Waals surface area (Å²) in [4.78, 5) is 0. The third-order valence-corrected chi connectivity index (χ3v) is 2.97. The molecule has 0 aromatic rings. The Kier molecular flexibility index (Phi) is 3.50. The molecule has 2 unspecified atom stereocenters. The number of hydrogen-bond acceptors (Lipinski definition) is 3. The van der Waals surface area contributed by atoms with Gasteiger partial charge in [0.1, 0.15) is 0 Å². The van der Waals surface area contributed by atoms with E-state index in [9.17, 15) is 5.11 Å². The van der Waals surface area contributed by atoms with Gasteiger partial charge in [-0.1, -0.05) is 6.92 Å². The summed E-state index contributed by atoms with van der Waals surface area (Å²) in [7, 11) is 0. The lowest BCUT2D eigenvalue weighted by atomic mass is 9.75. The van der Waals surface area contributed by atoms with Gasteiger partial charge in [0.05, 0.1) is 6.61 Å². The maximum Gasteiger partial charge on any atom is 0.0500 e. The van der Waals surface area contributed by atoms with Gasteiger partial charge in [0.2, 0.25) is 0 Å². The third-order valence-electron chi connectivity index (χ3n) is 2.97. The fourth-order valence-corrected chi connectivity index (χ4v) is 1.65. The average Bonchev–Trinajstić information content (AvgIpc) is 2.18. The largest absolute Gasteiger partial charge is 0.396 e. The van der Waals surface area contributed by atoms with Crippen molar-refractivity contribution in [2.45, 2.75) is 19.8 Å². The molecule has 1 saturated heterocycles. The molecule has 3 nitrogen and oxygen atoms in total. The molecule has 3 N–H and O–H groups in total. The van der Waals surface area contributed by atoms with E-state index in [1.807, 2.05) is 6.92 Å². The number of nitrogens with two attached hydrogens (primary N) is 1. The second-order valence-electron chi connectivity index (χ2n) is 3.93. The molecular formula is C9H19NO2. The van der Waals surface area contributed by atoms with Crippen molar-refractivity contribution < 1.29 is 9.84 Å². The van der Waals surface area contributed by atoms with Gasteiger partial charge in [-0.25, -0.2) is 0 Å². The number of aliphatic hydroxyl groups is 1. The lowest BCUT2D eigenvalue weighted by Gasteiger charge is -2.37. The minimum atomic E-state index is -0.138. The predicted molar refractivity (Wildman–Crippen MR) is 47.8 cm³/mol. The summed E-state index contributed by atoms with van der Waals surface area (Å²) in [6, 6.07) is 0. The summed E-state index contributed by atoms with van der Waals surface area (Å²) in [5, 5.41) is 9.20. The Labute approximate surface area is 73.9 Å². The standard InChI is InChI=1S/C9H19NO2/c1-9(6-10,7-11)8-3-2-4-12-5-8/h8,11H,2-7,10H2,1H3. The predicted octanol–water partition coefficient (Wildman–Crippen LogP) is 0.370. The van der Waals surface area contributed by atoms with Crippen molar-refractivity contribution in [2.24, 2.45) is 17.1 Å². The van der Waals surface area contributed by atoms with E-state index in [-0.39, 0.29) is 12.0 Å². The maximum atomic E-state index is 9.20. The Morgan fingerprint density at radius 2 is 2.42 bits per heavy atom. The SMILES string of the molecule is CC(CN)(CO)C1CCCOC1. The highest BCUT2D eigenvalue weighted by Crippen LogP contribution is 2.31. The van der Waals surface area contributed by atoms with Crippen LogP contribution in [0.25, 0.3) is 0 Å². The molecule has 3 heteroatoms. The van der Waals surface area contributed by atoms with Crippen LogP contribution < -0.4 is 5.73 Å². The van der Waals surface area contributed by atoms with Crippen LogP contribution in [0, 0.1) is 11.3 Å². The zero-order valence-corrected chi connectivity index (χ0v) is 7.75. The number of aliphatic hydroxyl groups excluding tert-OH is 1. The van der Waals surface area contributed by atoms with Gasteiger partial charge in [-0.05, 0) is 18.8 Å². The first-order chi connectivity index (χ1) is 5.73. The summed E-state index contributed by atoms with van der Waals surface area (Å²) < 4.78 is 5.37. The minimum Gasteiger partial charge on any atom is -0.396 e. The molecule has 0 aliphatic carbocycles. The van der Waals surface area contributed by atoms with E-state index in [1.54, 1.807) is 0 Å². The Bertz CT molecular complexity index is 128. The van der Waals surface area contributed by atoms with Crippen molar-refractivity contribution in [2.75, 3.05) is 26.4 Å². The van der Waals surface area contributed by atoms with E-state index in [1.165, 1.54) is 0 Å². The molecule has 72 valence electrons. The Hall–Kier alpha value is -0.120. The summed E-state index contributed by atoms with van der Waals surface area (Å²) in [5.74, 6) is 0.432. The smallest absolute Gasteiger partial charge is 0.0500 e. The molecule has 1 aliphatic rings. The van der Waals surface area contributed by atoms with E-state index in [4.69, 9.17) is 10.5 Å². The molecule has 2 atom stereocenters. The molecule has 1 fully saturated rings. The van der Waals surface area contributed by atoms with Crippen LogP contribution in [0.15, 0.2) is 0 Å². The topological polar surface area (TPSA) is 55.5 Å². The summed E-state index contributed by atoms with van der Waals surface area (Å²) in [5.41, 5.74) is 5.49. The highest BCUT2D eigenvalue weighted by molar-refractivity contribution is 4.84. The van der Waals surface area contributed by atoms with Crippen LogP contribution in [-0.4, -0.2) is 31.5 Å². The monoisotopic (exact) mass is 173 g/mol. The second kappa shape index (κ2) is 4.21. The van der Waals surface area contributed by atoms with Crippen LogP contribution in [-0.2, 0) is 4.74 Å². The molecule has 0 radical (unpaired) electrons. The van der Waals surface area contributed by atoms with Gasteiger partial charge in [-0.3, -0.25) is 0 Å². The zero-order chi connectivity index (χ0) is 9.03. The molecule has 0 aromatic carbocycles. The van der Waals surface area contributed by atoms with E-state index in [0.717, 1.165) is 26.1 Å². The zero-order valence-electron chi connectivity index (χ0n) is 7.75. The molecule has 0 spiro atoms. The first kappa shape index (κ1) is 9.96. The highest BCUT2D eigenvalue weighted by atomic mass is 16.5. The fourth-order valence-electron chi connectivity index (χ4n) is 1.65. The van der Waals surface area contributed by atoms with Crippen LogP contribution >= 0.6 is 0 Å². The van der Waals surface area contributed by atoms with Gasteiger partial charge >= 0.3 is 0 Å². The molecular weight excluding hydrogens is 154 g/mol. The average molecular weight is 173 g/mol. The quantitative estimate of drug-likeness (QED) is 0.648. The molecule has 1 rings (SSSR count). The van der Waals surface area contributed by atoms with Crippen LogP contribution in [0.5, 0.6) is 0 Å². The lowest BCUT2D eigenvalue weighted by molar-refractivity contribution is -0.0222. The van der Waals surface area contributed by atoms with Crippen molar-refractivity contribution >= 4 is 0 Å². The van der Waals surface area contributed by atoms with Gasteiger partial charge in [-0.2, -0.15) is 0 Å². The van der Waals surface area contributed by atoms with Gasteiger partial charge in [-0.15, -0.1) is 0 Å². The summed E-state index contributed by atoms with van der Waals surface area (Å²) in [6.07, 6.45) is 2.23. The normalized spacial score (nSPS) is 29.8. The Morgan fingerprint density at radius 1 is 1.67 bits per heavy atom. The number of ether oxygens (including phenoxy) is 1. The molecule has 0 aromatic heterocycles. The third kappa shape index (κ3) is 1.97. The summed E-state index contributed by atoms with van der Waals surface area (Å²) in [6.45, 7) is 4.36. The van der Waals surface area contributed by atoms with E-state index >= 15 is 0 Å². The second-order valence-corrected chi connectivity index (χ2v) is 3.93. The molecule has 0 bridgehead atoms. The first-order valence-corrected chi connectivity index (χ1v) is 4.61. The highest BCUT2D eigenvalue weighted by Gasteiger charge is 2.33. The Balaban J connectivity index is 2.51. The van der Waals surface area contributed by atoms with Crippen molar-refractivity contribution in [1.29, 1.82) is 0 Å². The molecule has 12 heavy (non-hydrogen) atoms. The van der Waals surface area contributed by atoms with Gasteiger partial charge in [0.25, 0.3) is 0 Å². The van der Waals surface area contributed by atoms with Crippen LogP contribution in [0.4, 0.5) is 0 Å². The minimum absolute atomic E-state index is 0.138. The van der Waals surface area contributed by atoms with Crippen LogP contribution in [0.2, 0.25) is 0 Å². The van der Waals surface area contributed by atoms with Crippen molar-refractivity contribution in [3.05, 3.63) is 0 Å². The van der Waals surface area contributed by atoms with Crippen LogP contribution in [0.3, 0.4) is 0 Å². The molecule has 0 saturated carbocycles. The fraction of sp³-hybridized carbons (Fsp3) is 1.00. The molecule has 0 amide bonds. The Morgan fingerprint density at radius 3 is 2.83 bits per heavy atom. The number of rotatable bonds is 3. The molecule has 1 aliphatic heterocycles. The molecule has 1 heterocycles. The van der Waals surface area contributed by atoms with E-state index in [0.29, 0.717) is 12.5 Å². The van der Waals surface area contributed by atoms with Gasteiger partial charge in [0, 0.05) is 25.2 Å². The number of hydrogen-bond donors (Lipinski definition) is 2. The van der Waals surface area contributed by atoms with E-state index in [2.05, 4.69) is 0 Å². The summed E-state index contributed by atoms with van der Waals surface area (Å²) >= 11 is 0.